The monoisotopic (exact) mass is 303 g/mol. The lowest BCUT2D eigenvalue weighted by molar-refractivity contribution is -0.141. The van der Waals surface area contributed by atoms with Gasteiger partial charge >= 0.3 is 0 Å². The molecular weight excluding hydrogens is 276 g/mol. The van der Waals surface area contributed by atoms with Crippen molar-refractivity contribution in [1.29, 1.82) is 0 Å². The van der Waals surface area contributed by atoms with Gasteiger partial charge in [0.25, 0.3) is 0 Å². The SMILES string of the molecule is CC(CN)CN1CCN(C(=O)C2CCC(F)(F)CC2)CC1. The standard InChI is InChI=1S/C15H27F2N3O/c1-12(10-18)11-19-6-8-20(9-7-19)14(21)13-2-4-15(16,17)5-3-13/h12-13H,2-11,18H2,1H3. The second-order valence-electron chi connectivity index (χ2n) is 6.60. The van der Waals surface area contributed by atoms with Crippen LogP contribution in [0.1, 0.15) is 32.6 Å². The highest BCUT2D eigenvalue weighted by atomic mass is 19.3. The maximum atomic E-state index is 13.1. The molecule has 1 saturated heterocycles. The Morgan fingerprint density at radius 2 is 1.81 bits per heavy atom. The van der Waals surface area contributed by atoms with Crippen LogP contribution in [0.25, 0.3) is 0 Å². The second-order valence-corrected chi connectivity index (χ2v) is 6.60. The van der Waals surface area contributed by atoms with Gasteiger partial charge < -0.3 is 10.6 Å². The summed E-state index contributed by atoms with van der Waals surface area (Å²) in [6, 6.07) is 0. The minimum absolute atomic E-state index is 0.0806. The third-order valence-corrected chi connectivity index (χ3v) is 4.72. The fourth-order valence-electron chi connectivity index (χ4n) is 3.21. The molecule has 2 N–H and O–H groups in total. The van der Waals surface area contributed by atoms with E-state index in [4.69, 9.17) is 5.73 Å². The van der Waals surface area contributed by atoms with Crippen LogP contribution in [0, 0.1) is 11.8 Å². The molecule has 21 heavy (non-hydrogen) atoms. The molecule has 1 amide bonds. The van der Waals surface area contributed by atoms with E-state index in [1.807, 2.05) is 4.90 Å². The predicted octanol–water partition coefficient (Wildman–Crippen LogP) is 1.55. The van der Waals surface area contributed by atoms with Crippen molar-refractivity contribution in [1.82, 2.24) is 9.80 Å². The summed E-state index contributed by atoms with van der Waals surface area (Å²) in [4.78, 5) is 16.6. The Labute approximate surface area is 125 Å². The van der Waals surface area contributed by atoms with E-state index in [0.717, 1.165) is 19.6 Å². The molecule has 2 aliphatic rings. The number of alkyl halides is 2. The summed E-state index contributed by atoms with van der Waals surface area (Å²) >= 11 is 0. The van der Waals surface area contributed by atoms with E-state index in [1.165, 1.54) is 0 Å². The first-order chi connectivity index (χ1) is 9.91. The van der Waals surface area contributed by atoms with E-state index >= 15 is 0 Å². The van der Waals surface area contributed by atoms with Crippen LogP contribution in [0.15, 0.2) is 0 Å². The fourth-order valence-corrected chi connectivity index (χ4v) is 3.21. The minimum Gasteiger partial charge on any atom is -0.340 e. The first-order valence-corrected chi connectivity index (χ1v) is 8.00. The summed E-state index contributed by atoms with van der Waals surface area (Å²) in [5.74, 6) is -2.21. The summed E-state index contributed by atoms with van der Waals surface area (Å²) in [5, 5.41) is 0. The lowest BCUT2D eigenvalue weighted by Gasteiger charge is -2.38. The maximum Gasteiger partial charge on any atom is 0.248 e. The summed E-state index contributed by atoms with van der Waals surface area (Å²) in [6.07, 6.45) is 0.376. The highest BCUT2D eigenvalue weighted by molar-refractivity contribution is 5.79. The highest BCUT2D eigenvalue weighted by Gasteiger charge is 2.39. The van der Waals surface area contributed by atoms with E-state index in [1.54, 1.807) is 0 Å². The maximum absolute atomic E-state index is 13.1. The predicted molar refractivity (Wildman–Crippen MR) is 78.1 cm³/mol. The smallest absolute Gasteiger partial charge is 0.248 e. The van der Waals surface area contributed by atoms with Gasteiger partial charge in [-0.15, -0.1) is 0 Å². The van der Waals surface area contributed by atoms with E-state index in [-0.39, 0.29) is 24.7 Å². The topological polar surface area (TPSA) is 49.6 Å². The zero-order chi connectivity index (χ0) is 15.5. The van der Waals surface area contributed by atoms with Crippen molar-refractivity contribution < 1.29 is 13.6 Å². The number of nitrogens with two attached hydrogens (primary N) is 1. The molecule has 122 valence electrons. The Hall–Kier alpha value is -0.750. The van der Waals surface area contributed by atoms with Gasteiger partial charge in [-0.1, -0.05) is 6.92 Å². The van der Waals surface area contributed by atoms with Crippen LogP contribution in [0.5, 0.6) is 0 Å². The van der Waals surface area contributed by atoms with E-state index < -0.39 is 5.92 Å². The first-order valence-electron chi connectivity index (χ1n) is 8.00. The molecule has 0 radical (unpaired) electrons. The molecule has 0 aromatic rings. The molecule has 0 aromatic heterocycles. The quantitative estimate of drug-likeness (QED) is 0.857. The molecule has 1 atom stereocenters. The van der Waals surface area contributed by atoms with Crippen LogP contribution in [0.2, 0.25) is 0 Å². The van der Waals surface area contributed by atoms with E-state index in [9.17, 15) is 13.6 Å². The van der Waals surface area contributed by atoms with Crippen LogP contribution in [0.4, 0.5) is 8.78 Å². The molecule has 4 nitrogen and oxygen atoms in total. The molecular formula is C15H27F2N3O. The number of carbonyl (C=O) groups excluding carboxylic acids is 1. The van der Waals surface area contributed by atoms with Gasteiger partial charge in [-0.25, -0.2) is 8.78 Å². The second kappa shape index (κ2) is 7.01. The third kappa shape index (κ3) is 4.61. The molecule has 1 unspecified atom stereocenters. The Balaban J connectivity index is 1.76. The van der Waals surface area contributed by atoms with Crippen molar-refractivity contribution in [2.75, 3.05) is 39.3 Å². The number of hydrogen-bond acceptors (Lipinski definition) is 3. The normalized spacial score (nSPS) is 25.8. The first kappa shape index (κ1) is 16.6. The van der Waals surface area contributed by atoms with Crippen molar-refractivity contribution in [3.63, 3.8) is 0 Å². The number of amides is 1. The Kier molecular flexibility index (Phi) is 5.54. The van der Waals surface area contributed by atoms with Crippen LogP contribution in [-0.4, -0.2) is 60.9 Å². The number of piperazine rings is 1. The molecule has 0 aromatic carbocycles. The van der Waals surface area contributed by atoms with Gasteiger partial charge in [-0.3, -0.25) is 9.69 Å². The van der Waals surface area contributed by atoms with Crippen LogP contribution >= 0.6 is 0 Å². The summed E-state index contributed by atoms with van der Waals surface area (Å²) in [7, 11) is 0. The summed E-state index contributed by atoms with van der Waals surface area (Å²) in [5.41, 5.74) is 5.63. The van der Waals surface area contributed by atoms with Gasteiger partial charge in [-0.05, 0) is 25.3 Å². The van der Waals surface area contributed by atoms with Crippen molar-refractivity contribution in [3.8, 4) is 0 Å². The van der Waals surface area contributed by atoms with Crippen molar-refractivity contribution in [3.05, 3.63) is 0 Å². The third-order valence-electron chi connectivity index (χ3n) is 4.72. The Bertz CT molecular complexity index is 347. The van der Waals surface area contributed by atoms with Crippen molar-refractivity contribution in [2.45, 2.75) is 38.5 Å². The zero-order valence-electron chi connectivity index (χ0n) is 12.9. The van der Waals surface area contributed by atoms with E-state index in [2.05, 4.69) is 11.8 Å². The van der Waals surface area contributed by atoms with Crippen LogP contribution in [-0.2, 0) is 4.79 Å². The number of nitrogens with zero attached hydrogens (tertiary/aromatic N) is 2. The molecule has 1 aliphatic heterocycles. The molecule has 0 bridgehead atoms. The van der Waals surface area contributed by atoms with Crippen molar-refractivity contribution in [2.24, 2.45) is 17.6 Å². The lowest BCUT2D eigenvalue weighted by Crippen LogP contribution is -2.51. The van der Waals surface area contributed by atoms with Gasteiger partial charge in [-0.2, -0.15) is 0 Å². The van der Waals surface area contributed by atoms with Crippen molar-refractivity contribution >= 4 is 5.91 Å². The average molecular weight is 303 g/mol. The number of rotatable bonds is 4. The summed E-state index contributed by atoms with van der Waals surface area (Å²) < 4.78 is 26.3. The minimum atomic E-state index is -2.56. The van der Waals surface area contributed by atoms with Gasteiger partial charge in [0.05, 0.1) is 0 Å². The Morgan fingerprint density at radius 3 is 2.33 bits per heavy atom. The molecule has 1 saturated carbocycles. The molecule has 1 aliphatic carbocycles. The molecule has 0 spiro atoms. The van der Waals surface area contributed by atoms with Crippen LogP contribution < -0.4 is 5.73 Å². The highest BCUT2D eigenvalue weighted by Crippen LogP contribution is 2.36. The number of hydrogen-bond donors (Lipinski definition) is 1. The number of carbonyl (C=O) groups is 1. The lowest BCUT2D eigenvalue weighted by atomic mass is 9.86. The average Bonchev–Trinajstić information content (AvgIpc) is 2.47. The van der Waals surface area contributed by atoms with Crippen LogP contribution in [0.3, 0.4) is 0 Å². The Morgan fingerprint density at radius 1 is 1.24 bits per heavy atom. The molecule has 2 rings (SSSR count). The summed E-state index contributed by atoms with van der Waals surface area (Å²) in [6.45, 7) is 6.91. The fraction of sp³-hybridized carbons (Fsp3) is 0.933. The number of halogens is 2. The van der Waals surface area contributed by atoms with Gasteiger partial charge in [0.2, 0.25) is 11.8 Å². The molecule has 1 heterocycles. The van der Waals surface area contributed by atoms with E-state index in [0.29, 0.717) is 38.4 Å². The van der Waals surface area contributed by atoms with Gasteiger partial charge in [0.15, 0.2) is 0 Å². The van der Waals surface area contributed by atoms with Gasteiger partial charge in [0, 0.05) is 51.5 Å². The van der Waals surface area contributed by atoms with Gasteiger partial charge in [0.1, 0.15) is 0 Å². The molecule has 6 heteroatoms. The largest absolute Gasteiger partial charge is 0.340 e. The zero-order valence-corrected chi connectivity index (χ0v) is 12.9. The molecule has 2 fully saturated rings.